The number of amides is 4. The SMILES string of the molecule is NC(=O)CNC(=O)c1ccc2c(c1)NC(=O)NC2. The Balaban J connectivity index is 2.15. The first kappa shape index (κ1) is 11.9. The molecular weight excluding hydrogens is 236 g/mol. The third-order valence-corrected chi connectivity index (χ3v) is 2.48. The van der Waals surface area contributed by atoms with E-state index in [1.54, 1.807) is 18.2 Å². The van der Waals surface area contributed by atoms with Gasteiger partial charge >= 0.3 is 6.03 Å². The number of nitrogens with one attached hydrogen (secondary N) is 3. The Kier molecular flexibility index (Phi) is 3.13. The summed E-state index contributed by atoms with van der Waals surface area (Å²) >= 11 is 0. The van der Waals surface area contributed by atoms with Crippen LogP contribution in [0.25, 0.3) is 0 Å². The van der Waals surface area contributed by atoms with E-state index >= 15 is 0 Å². The number of carbonyl (C=O) groups excluding carboxylic acids is 3. The predicted octanol–water partition coefficient (Wildman–Crippen LogP) is -0.463. The van der Waals surface area contributed by atoms with Gasteiger partial charge in [-0.15, -0.1) is 0 Å². The van der Waals surface area contributed by atoms with Crippen molar-refractivity contribution in [1.82, 2.24) is 10.6 Å². The van der Waals surface area contributed by atoms with Gasteiger partial charge in [0.2, 0.25) is 5.91 Å². The minimum absolute atomic E-state index is 0.218. The first-order valence-corrected chi connectivity index (χ1v) is 5.30. The van der Waals surface area contributed by atoms with E-state index in [1.807, 2.05) is 0 Å². The Morgan fingerprint density at radius 2 is 2.17 bits per heavy atom. The lowest BCUT2D eigenvalue weighted by molar-refractivity contribution is -0.117. The van der Waals surface area contributed by atoms with E-state index in [0.29, 0.717) is 17.8 Å². The van der Waals surface area contributed by atoms with Gasteiger partial charge in [0.1, 0.15) is 0 Å². The highest BCUT2D eigenvalue weighted by Gasteiger charge is 2.15. The fraction of sp³-hybridized carbons (Fsp3) is 0.182. The molecule has 7 heteroatoms. The lowest BCUT2D eigenvalue weighted by Gasteiger charge is -2.18. The molecular formula is C11H12N4O3. The molecule has 0 fully saturated rings. The van der Waals surface area contributed by atoms with Gasteiger partial charge in [0.25, 0.3) is 5.91 Å². The van der Waals surface area contributed by atoms with Gasteiger partial charge in [-0.25, -0.2) is 4.79 Å². The number of anilines is 1. The lowest BCUT2D eigenvalue weighted by Crippen LogP contribution is -2.35. The summed E-state index contributed by atoms with van der Waals surface area (Å²) in [7, 11) is 0. The standard InChI is InChI=1S/C11H12N4O3/c12-9(16)5-13-10(17)6-1-2-7-4-14-11(18)15-8(7)3-6/h1-3H,4-5H2,(H2,12,16)(H,13,17)(H2,14,15,18). The fourth-order valence-corrected chi connectivity index (χ4v) is 1.60. The van der Waals surface area contributed by atoms with Gasteiger partial charge in [-0.3, -0.25) is 9.59 Å². The van der Waals surface area contributed by atoms with Crippen LogP contribution in [0.15, 0.2) is 18.2 Å². The number of nitrogens with two attached hydrogens (primary N) is 1. The minimum atomic E-state index is -0.612. The van der Waals surface area contributed by atoms with E-state index in [1.165, 1.54) is 0 Å². The van der Waals surface area contributed by atoms with Crippen LogP contribution in [0.3, 0.4) is 0 Å². The average Bonchev–Trinajstić information content (AvgIpc) is 2.34. The van der Waals surface area contributed by atoms with E-state index in [2.05, 4.69) is 16.0 Å². The summed E-state index contributed by atoms with van der Waals surface area (Å²) in [5.74, 6) is -1.02. The van der Waals surface area contributed by atoms with Crippen LogP contribution >= 0.6 is 0 Å². The largest absolute Gasteiger partial charge is 0.368 e. The monoisotopic (exact) mass is 248 g/mol. The Morgan fingerprint density at radius 1 is 1.39 bits per heavy atom. The van der Waals surface area contributed by atoms with Crippen molar-refractivity contribution < 1.29 is 14.4 Å². The number of carbonyl (C=O) groups is 3. The van der Waals surface area contributed by atoms with Gasteiger partial charge in [-0.1, -0.05) is 6.07 Å². The summed E-state index contributed by atoms with van der Waals surface area (Å²) < 4.78 is 0. The van der Waals surface area contributed by atoms with Gasteiger partial charge in [0.15, 0.2) is 0 Å². The Morgan fingerprint density at radius 3 is 2.89 bits per heavy atom. The summed E-state index contributed by atoms with van der Waals surface area (Å²) in [5.41, 5.74) is 6.77. The van der Waals surface area contributed by atoms with Crippen molar-refractivity contribution in [3.8, 4) is 0 Å². The summed E-state index contributed by atoms with van der Waals surface area (Å²) in [4.78, 5) is 33.4. The maximum absolute atomic E-state index is 11.7. The van der Waals surface area contributed by atoms with Crippen molar-refractivity contribution in [2.75, 3.05) is 11.9 Å². The van der Waals surface area contributed by atoms with Crippen molar-refractivity contribution in [1.29, 1.82) is 0 Å². The second kappa shape index (κ2) is 4.74. The third kappa shape index (κ3) is 2.57. The molecule has 1 heterocycles. The van der Waals surface area contributed by atoms with E-state index in [0.717, 1.165) is 5.56 Å². The molecule has 0 atom stereocenters. The van der Waals surface area contributed by atoms with Crippen LogP contribution in [-0.2, 0) is 11.3 Å². The number of primary amides is 1. The predicted molar refractivity (Wildman–Crippen MR) is 63.8 cm³/mol. The normalized spacial score (nSPS) is 13.0. The lowest BCUT2D eigenvalue weighted by atomic mass is 10.1. The van der Waals surface area contributed by atoms with Crippen LogP contribution in [0.1, 0.15) is 15.9 Å². The second-order valence-corrected chi connectivity index (χ2v) is 3.83. The highest BCUT2D eigenvalue weighted by molar-refractivity contribution is 5.99. The van der Waals surface area contributed by atoms with Gasteiger partial charge in [0.05, 0.1) is 6.54 Å². The highest BCUT2D eigenvalue weighted by Crippen LogP contribution is 2.20. The molecule has 0 saturated carbocycles. The van der Waals surface area contributed by atoms with E-state index < -0.39 is 11.8 Å². The Hall–Kier alpha value is -2.57. The number of rotatable bonds is 3. The number of benzene rings is 1. The molecule has 7 nitrogen and oxygen atoms in total. The zero-order valence-electron chi connectivity index (χ0n) is 9.45. The quantitative estimate of drug-likeness (QED) is 0.580. The molecule has 5 N–H and O–H groups in total. The maximum atomic E-state index is 11.7. The van der Waals surface area contributed by atoms with Crippen molar-refractivity contribution in [2.45, 2.75) is 6.54 Å². The van der Waals surface area contributed by atoms with Crippen molar-refractivity contribution in [3.05, 3.63) is 29.3 Å². The van der Waals surface area contributed by atoms with Gasteiger partial charge in [-0.05, 0) is 17.7 Å². The topological polar surface area (TPSA) is 113 Å². The number of hydrogen-bond acceptors (Lipinski definition) is 3. The average molecular weight is 248 g/mol. The van der Waals surface area contributed by atoms with Gasteiger partial charge in [0, 0.05) is 17.8 Å². The molecule has 1 aliphatic rings. The van der Waals surface area contributed by atoms with Crippen LogP contribution < -0.4 is 21.7 Å². The van der Waals surface area contributed by atoms with Crippen LogP contribution in [0, 0.1) is 0 Å². The first-order valence-electron chi connectivity index (χ1n) is 5.30. The summed E-state index contributed by atoms with van der Waals surface area (Å²) in [6.07, 6.45) is 0. The van der Waals surface area contributed by atoms with Crippen LogP contribution in [0.4, 0.5) is 10.5 Å². The van der Waals surface area contributed by atoms with Crippen LogP contribution in [-0.4, -0.2) is 24.4 Å². The molecule has 1 aliphatic heterocycles. The van der Waals surface area contributed by atoms with E-state index in [4.69, 9.17) is 5.73 Å². The van der Waals surface area contributed by atoms with Gasteiger partial charge in [-0.2, -0.15) is 0 Å². The third-order valence-electron chi connectivity index (χ3n) is 2.48. The Bertz CT molecular complexity index is 527. The van der Waals surface area contributed by atoms with Crippen LogP contribution in [0.5, 0.6) is 0 Å². The molecule has 0 spiro atoms. The molecule has 0 bridgehead atoms. The van der Waals surface area contributed by atoms with E-state index in [9.17, 15) is 14.4 Å². The Labute approximate surface area is 103 Å². The molecule has 0 aromatic heterocycles. The second-order valence-electron chi connectivity index (χ2n) is 3.83. The smallest absolute Gasteiger partial charge is 0.319 e. The van der Waals surface area contributed by atoms with Crippen molar-refractivity contribution in [2.24, 2.45) is 5.73 Å². The minimum Gasteiger partial charge on any atom is -0.368 e. The van der Waals surface area contributed by atoms with Crippen molar-refractivity contribution in [3.63, 3.8) is 0 Å². The molecule has 0 aliphatic carbocycles. The zero-order chi connectivity index (χ0) is 13.1. The molecule has 1 aromatic carbocycles. The number of hydrogen-bond donors (Lipinski definition) is 4. The molecule has 1 aromatic rings. The number of urea groups is 1. The number of fused-ring (bicyclic) bond motifs is 1. The molecule has 0 saturated heterocycles. The maximum Gasteiger partial charge on any atom is 0.319 e. The summed E-state index contributed by atoms with van der Waals surface area (Å²) in [6, 6.07) is 4.61. The van der Waals surface area contributed by atoms with Gasteiger partial charge < -0.3 is 21.7 Å². The molecule has 4 amide bonds. The van der Waals surface area contributed by atoms with Crippen molar-refractivity contribution >= 4 is 23.5 Å². The molecule has 0 unspecified atom stereocenters. The summed E-state index contributed by atoms with van der Waals surface area (Å²) in [5, 5.41) is 7.59. The summed E-state index contributed by atoms with van der Waals surface area (Å²) in [6.45, 7) is 0.203. The fourth-order valence-electron chi connectivity index (χ4n) is 1.60. The molecule has 0 radical (unpaired) electrons. The first-order chi connectivity index (χ1) is 8.56. The molecule has 18 heavy (non-hydrogen) atoms. The zero-order valence-corrected chi connectivity index (χ0v) is 9.45. The molecule has 94 valence electrons. The highest BCUT2D eigenvalue weighted by atomic mass is 16.2. The van der Waals surface area contributed by atoms with E-state index in [-0.39, 0.29) is 12.6 Å². The van der Waals surface area contributed by atoms with Crippen LogP contribution in [0.2, 0.25) is 0 Å². The molecule has 2 rings (SSSR count).